The first kappa shape index (κ1) is 28.3. The van der Waals surface area contributed by atoms with Gasteiger partial charge in [0.2, 0.25) is 24.1 Å². The summed E-state index contributed by atoms with van der Waals surface area (Å²) in [5.41, 5.74) is 0. The van der Waals surface area contributed by atoms with Gasteiger partial charge < -0.3 is 35.8 Å². The summed E-state index contributed by atoms with van der Waals surface area (Å²) in [7, 11) is 0. The van der Waals surface area contributed by atoms with E-state index < -0.39 is 5.97 Å². The maximum absolute atomic E-state index is 11.6. The largest absolute Gasteiger partial charge is 0.481 e. The van der Waals surface area contributed by atoms with Gasteiger partial charge in [0, 0.05) is 38.9 Å². The number of nitrogens with one attached hydrogen (secondary N) is 4. The second-order valence-corrected chi connectivity index (χ2v) is 6.48. The van der Waals surface area contributed by atoms with Gasteiger partial charge in [0.25, 0.3) is 0 Å². The zero-order valence-corrected chi connectivity index (χ0v) is 17.8. The Hall–Kier alpha value is -2.73. The van der Waals surface area contributed by atoms with Crippen molar-refractivity contribution in [1.82, 2.24) is 21.3 Å². The molecule has 0 rings (SSSR count). The summed E-state index contributed by atoms with van der Waals surface area (Å²) in [5.74, 6) is -1.71. The quantitative estimate of drug-likeness (QED) is 0.105. The SMILES string of the molecule is O=CNCCCCNC(=O)CNC(=O)CCOCCOCCNC(=O)CCCC(=O)O. The number of aliphatic carboxylic acids is 1. The van der Waals surface area contributed by atoms with Crippen LogP contribution in [0, 0.1) is 0 Å². The molecule has 0 radical (unpaired) electrons. The third-order valence-corrected chi connectivity index (χ3v) is 3.81. The number of unbranched alkanes of at least 4 members (excludes halogenated alkanes) is 1. The molecule has 0 atom stereocenters. The van der Waals surface area contributed by atoms with E-state index in [0.717, 1.165) is 12.8 Å². The fourth-order valence-corrected chi connectivity index (χ4v) is 2.21. The lowest BCUT2D eigenvalue weighted by Gasteiger charge is -2.08. The number of amides is 4. The van der Waals surface area contributed by atoms with Crippen LogP contribution in [0.4, 0.5) is 0 Å². The maximum Gasteiger partial charge on any atom is 0.303 e. The van der Waals surface area contributed by atoms with Gasteiger partial charge in [-0.3, -0.25) is 24.0 Å². The zero-order chi connectivity index (χ0) is 23.2. The summed E-state index contributed by atoms with van der Waals surface area (Å²) in [6.45, 7) is 2.36. The molecule has 0 aromatic heterocycles. The number of carbonyl (C=O) groups excluding carboxylic acids is 4. The lowest BCUT2D eigenvalue weighted by molar-refractivity contribution is -0.137. The molecule has 12 nitrogen and oxygen atoms in total. The van der Waals surface area contributed by atoms with Crippen LogP contribution in [0.15, 0.2) is 0 Å². The summed E-state index contributed by atoms with van der Waals surface area (Å²) < 4.78 is 10.5. The molecule has 0 saturated heterocycles. The summed E-state index contributed by atoms with van der Waals surface area (Å²) in [6, 6.07) is 0. The monoisotopic (exact) mass is 446 g/mol. The number of carbonyl (C=O) groups is 5. The summed E-state index contributed by atoms with van der Waals surface area (Å²) >= 11 is 0. The highest BCUT2D eigenvalue weighted by molar-refractivity contribution is 5.84. The van der Waals surface area contributed by atoms with Gasteiger partial charge >= 0.3 is 5.97 Å². The van der Waals surface area contributed by atoms with Gasteiger partial charge in [0.15, 0.2) is 0 Å². The lowest BCUT2D eigenvalue weighted by Crippen LogP contribution is -2.37. The predicted octanol–water partition coefficient (Wildman–Crippen LogP) is -1.46. The van der Waals surface area contributed by atoms with Crippen LogP contribution in [0.25, 0.3) is 0 Å². The number of hydrogen-bond donors (Lipinski definition) is 5. The van der Waals surface area contributed by atoms with Crippen molar-refractivity contribution < 1.29 is 38.6 Å². The Balaban J connectivity index is 3.40. The van der Waals surface area contributed by atoms with Gasteiger partial charge in [-0.25, -0.2) is 0 Å². The first-order valence-electron chi connectivity index (χ1n) is 10.3. The molecule has 0 spiro atoms. The smallest absolute Gasteiger partial charge is 0.303 e. The highest BCUT2D eigenvalue weighted by Gasteiger charge is 2.05. The summed E-state index contributed by atoms with van der Waals surface area (Å²) in [4.78, 5) is 55.0. The fraction of sp³-hybridized carbons (Fsp3) is 0.737. The molecule has 0 heterocycles. The van der Waals surface area contributed by atoms with Gasteiger partial charge in [-0.2, -0.15) is 0 Å². The van der Waals surface area contributed by atoms with Crippen LogP contribution in [-0.2, 0) is 33.4 Å². The van der Waals surface area contributed by atoms with Crippen LogP contribution >= 0.6 is 0 Å². The minimum Gasteiger partial charge on any atom is -0.481 e. The molecule has 31 heavy (non-hydrogen) atoms. The normalized spacial score (nSPS) is 10.2. The van der Waals surface area contributed by atoms with Crippen molar-refractivity contribution in [2.75, 3.05) is 52.6 Å². The van der Waals surface area contributed by atoms with Crippen molar-refractivity contribution in [3.05, 3.63) is 0 Å². The van der Waals surface area contributed by atoms with Gasteiger partial charge in [-0.15, -0.1) is 0 Å². The highest BCUT2D eigenvalue weighted by atomic mass is 16.5. The van der Waals surface area contributed by atoms with E-state index in [-0.39, 0.29) is 50.1 Å². The average molecular weight is 447 g/mol. The topological polar surface area (TPSA) is 172 Å². The number of hydrogen-bond acceptors (Lipinski definition) is 7. The Morgan fingerprint density at radius 1 is 0.677 bits per heavy atom. The second-order valence-electron chi connectivity index (χ2n) is 6.48. The summed E-state index contributed by atoms with van der Waals surface area (Å²) in [5, 5.41) is 18.8. The molecule has 0 bridgehead atoms. The minimum absolute atomic E-state index is 0.0329. The Kier molecular flexibility index (Phi) is 18.7. The number of rotatable bonds is 21. The third kappa shape index (κ3) is 21.8. The van der Waals surface area contributed by atoms with Crippen molar-refractivity contribution in [2.45, 2.75) is 38.5 Å². The first-order valence-corrected chi connectivity index (χ1v) is 10.3. The predicted molar refractivity (Wildman–Crippen MR) is 110 cm³/mol. The molecule has 0 aliphatic rings. The van der Waals surface area contributed by atoms with Gasteiger partial charge in [0.05, 0.1) is 33.0 Å². The van der Waals surface area contributed by atoms with E-state index in [1.54, 1.807) is 0 Å². The fourth-order valence-electron chi connectivity index (χ4n) is 2.21. The standard InChI is InChI=1S/C19H34N4O8/c24-15-20-7-1-2-8-21-18(27)14-23-17(26)6-10-30-12-13-31-11-9-22-16(25)4-3-5-19(28)29/h15H,1-14H2,(H,20,24)(H,21,27)(H,22,25)(H,23,26)(H,28,29). The van der Waals surface area contributed by atoms with Crippen LogP contribution < -0.4 is 21.3 Å². The number of ether oxygens (including phenoxy) is 2. The Labute approximate surface area is 181 Å². The van der Waals surface area contributed by atoms with E-state index >= 15 is 0 Å². The minimum atomic E-state index is -0.924. The van der Waals surface area contributed by atoms with Crippen molar-refractivity contribution in [3.63, 3.8) is 0 Å². The van der Waals surface area contributed by atoms with E-state index in [4.69, 9.17) is 14.6 Å². The number of carboxylic acids is 1. The van der Waals surface area contributed by atoms with E-state index in [1.807, 2.05) is 0 Å². The maximum atomic E-state index is 11.6. The molecule has 0 aliphatic heterocycles. The van der Waals surface area contributed by atoms with Crippen LogP contribution in [-0.4, -0.2) is 87.8 Å². The number of carboxylic acid groups (broad SMARTS) is 1. The molecule has 12 heteroatoms. The molecule has 0 unspecified atom stereocenters. The Morgan fingerprint density at radius 2 is 1.32 bits per heavy atom. The molecule has 4 amide bonds. The Bertz CT molecular complexity index is 545. The lowest BCUT2D eigenvalue weighted by atomic mass is 10.2. The van der Waals surface area contributed by atoms with Gasteiger partial charge in [0.1, 0.15) is 0 Å². The van der Waals surface area contributed by atoms with E-state index in [9.17, 15) is 24.0 Å². The van der Waals surface area contributed by atoms with Crippen molar-refractivity contribution >= 4 is 30.1 Å². The van der Waals surface area contributed by atoms with Crippen molar-refractivity contribution in [3.8, 4) is 0 Å². The van der Waals surface area contributed by atoms with Gasteiger partial charge in [-0.05, 0) is 19.3 Å². The van der Waals surface area contributed by atoms with Crippen molar-refractivity contribution in [1.29, 1.82) is 0 Å². The van der Waals surface area contributed by atoms with Crippen LogP contribution in [0.1, 0.15) is 38.5 Å². The van der Waals surface area contributed by atoms with Crippen molar-refractivity contribution in [2.24, 2.45) is 0 Å². The molecular formula is C19H34N4O8. The molecule has 0 saturated carbocycles. The molecule has 0 fully saturated rings. The molecule has 0 aliphatic carbocycles. The van der Waals surface area contributed by atoms with Crippen LogP contribution in [0.2, 0.25) is 0 Å². The molecular weight excluding hydrogens is 412 g/mol. The van der Waals surface area contributed by atoms with E-state index in [1.165, 1.54) is 0 Å². The van der Waals surface area contributed by atoms with Crippen LogP contribution in [0.5, 0.6) is 0 Å². The average Bonchev–Trinajstić information content (AvgIpc) is 2.73. The van der Waals surface area contributed by atoms with E-state index in [2.05, 4.69) is 21.3 Å². The molecule has 0 aromatic rings. The molecule has 5 N–H and O–H groups in total. The highest BCUT2D eigenvalue weighted by Crippen LogP contribution is 1.94. The molecule has 178 valence electrons. The molecule has 0 aromatic carbocycles. The van der Waals surface area contributed by atoms with E-state index in [0.29, 0.717) is 52.3 Å². The zero-order valence-electron chi connectivity index (χ0n) is 17.8. The third-order valence-electron chi connectivity index (χ3n) is 3.81. The van der Waals surface area contributed by atoms with Crippen LogP contribution in [0.3, 0.4) is 0 Å². The van der Waals surface area contributed by atoms with Gasteiger partial charge in [-0.1, -0.05) is 0 Å². The Morgan fingerprint density at radius 3 is 2.03 bits per heavy atom. The first-order chi connectivity index (χ1) is 15.0. The summed E-state index contributed by atoms with van der Waals surface area (Å²) in [6.07, 6.45) is 2.68. The second kappa shape index (κ2) is 20.5.